The summed E-state index contributed by atoms with van der Waals surface area (Å²) in [4.78, 5) is 0. The summed E-state index contributed by atoms with van der Waals surface area (Å²) in [5, 5.41) is 18.3. The minimum Gasteiger partial charge on any atom is -0.390 e. The monoisotopic (exact) mass is 147 g/mol. The fourth-order valence-electron chi connectivity index (χ4n) is 0.559. The summed E-state index contributed by atoms with van der Waals surface area (Å²) in [7, 11) is 0. The lowest BCUT2D eigenvalue weighted by Gasteiger charge is -2.23. The second-order valence-corrected chi connectivity index (χ2v) is 3.67. The maximum atomic E-state index is 9.21. The Balaban J connectivity index is 3.56. The Bertz CT molecular complexity index is 85.2. The minimum absolute atomic E-state index is 0.413. The zero-order valence-corrected chi connectivity index (χ0v) is 6.89. The fourth-order valence-corrected chi connectivity index (χ4v) is 0.559. The Kier molecular flexibility index (Phi) is 2.83. The van der Waals surface area contributed by atoms with Gasteiger partial charge < -0.3 is 15.9 Å². The summed E-state index contributed by atoms with van der Waals surface area (Å²) in [5.74, 6) is 0. The van der Waals surface area contributed by atoms with Crippen LogP contribution in [-0.2, 0) is 0 Å². The van der Waals surface area contributed by atoms with Gasteiger partial charge in [-0.05, 0) is 33.6 Å². The first-order chi connectivity index (χ1) is 4.21. The van der Waals surface area contributed by atoms with Crippen LogP contribution in [0.25, 0.3) is 0 Å². The van der Waals surface area contributed by atoms with E-state index in [4.69, 9.17) is 10.8 Å². The number of hydrogen-bond acceptors (Lipinski definition) is 3. The van der Waals surface area contributed by atoms with Gasteiger partial charge in [0.25, 0.3) is 0 Å². The molecule has 0 heterocycles. The Morgan fingerprint density at radius 1 is 1.10 bits per heavy atom. The maximum absolute atomic E-state index is 9.21. The molecule has 0 saturated carbocycles. The van der Waals surface area contributed by atoms with Crippen molar-refractivity contribution >= 4 is 0 Å². The van der Waals surface area contributed by atoms with Crippen LogP contribution in [0.1, 0.15) is 33.6 Å². The average Bonchev–Trinajstić information content (AvgIpc) is 1.57. The van der Waals surface area contributed by atoms with E-state index in [0.717, 1.165) is 0 Å². The molecule has 62 valence electrons. The Labute approximate surface area is 61.9 Å². The van der Waals surface area contributed by atoms with E-state index in [1.807, 2.05) is 0 Å². The summed E-state index contributed by atoms with van der Waals surface area (Å²) in [6.07, 6.45) is 0.924. The molecule has 0 radical (unpaired) electrons. The summed E-state index contributed by atoms with van der Waals surface area (Å²) in [6.45, 7) is 4.91. The molecule has 0 fully saturated rings. The van der Waals surface area contributed by atoms with Crippen molar-refractivity contribution in [3.05, 3.63) is 0 Å². The summed E-state index contributed by atoms with van der Waals surface area (Å²) < 4.78 is 0. The van der Waals surface area contributed by atoms with Gasteiger partial charge in [0.1, 0.15) is 5.72 Å². The number of hydrogen-bond donors (Lipinski definition) is 3. The Morgan fingerprint density at radius 2 is 1.50 bits per heavy atom. The minimum atomic E-state index is -1.15. The molecular formula is C7H17NO2. The molecule has 0 aliphatic carbocycles. The van der Waals surface area contributed by atoms with Crippen molar-refractivity contribution in [2.24, 2.45) is 5.73 Å². The molecule has 1 atom stereocenters. The van der Waals surface area contributed by atoms with Gasteiger partial charge in [-0.2, -0.15) is 0 Å². The highest BCUT2D eigenvalue weighted by atomic mass is 16.3. The highest BCUT2D eigenvalue weighted by molar-refractivity contribution is 4.71. The van der Waals surface area contributed by atoms with Crippen molar-refractivity contribution < 1.29 is 10.2 Å². The third kappa shape index (κ3) is 7.88. The zero-order valence-electron chi connectivity index (χ0n) is 6.89. The molecule has 0 spiro atoms. The Hall–Kier alpha value is -0.120. The molecule has 0 rings (SSSR count). The van der Waals surface area contributed by atoms with E-state index in [9.17, 15) is 5.11 Å². The molecule has 0 aromatic heterocycles. The van der Waals surface area contributed by atoms with E-state index in [1.54, 1.807) is 13.8 Å². The van der Waals surface area contributed by atoms with Crippen LogP contribution in [0, 0.1) is 0 Å². The van der Waals surface area contributed by atoms with Crippen molar-refractivity contribution in [1.82, 2.24) is 0 Å². The van der Waals surface area contributed by atoms with Gasteiger partial charge in [0.05, 0.1) is 5.60 Å². The van der Waals surface area contributed by atoms with Crippen LogP contribution >= 0.6 is 0 Å². The van der Waals surface area contributed by atoms with Gasteiger partial charge in [0.2, 0.25) is 0 Å². The van der Waals surface area contributed by atoms with E-state index in [-0.39, 0.29) is 0 Å². The number of nitrogens with two attached hydrogens (primary N) is 1. The summed E-state index contributed by atoms with van der Waals surface area (Å²) in [6, 6.07) is 0. The molecule has 0 aliphatic rings. The van der Waals surface area contributed by atoms with E-state index in [0.29, 0.717) is 12.8 Å². The van der Waals surface area contributed by atoms with Crippen LogP contribution in [0.2, 0.25) is 0 Å². The third-order valence-electron chi connectivity index (χ3n) is 1.24. The quantitative estimate of drug-likeness (QED) is 0.500. The van der Waals surface area contributed by atoms with E-state index in [1.165, 1.54) is 6.92 Å². The molecular weight excluding hydrogens is 130 g/mol. The van der Waals surface area contributed by atoms with Crippen LogP contribution in [0.3, 0.4) is 0 Å². The van der Waals surface area contributed by atoms with Gasteiger partial charge >= 0.3 is 0 Å². The molecule has 0 aliphatic heterocycles. The predicted octanol–water partition coefficient (Wildman–Crippen LogP) is 0.205. The first-order valence-electron chi connectivity index (χ1n) is 3.44. The zero-order chi connectivity index (χ0) is 8.41. The van der Waals surface area contributed by atoms with E-state index >= 15 is 0 Å². The molecule has 1 unspecified atom stereocenters. The van der Waals surface area contributed by atoms with E-state index < -0.39 is 11.3 Å². The largest absolute Gasteiger partial charge is 0.390 e. The molecule has 0 bridgehead atoms. The molecule has 3 nitrogen and oxygen atoms in total. The van der Waals surface area contributed by atoms with Crippen LogP contribution in [-0.4, -0.2) is 21.5 Å². The van der Waals surface area contributed by atoms with E-state index in [2.05, 4.69) is 0 Å². The normalized spacial score (nSPS) is 18.6. The molecule has 0 aromatic carbocycles. The highest BCUT2D eigenvalue weighted by Crippen LogP contribution is 2.14. The lowest BCUT2D eigenvalue weighted by Crippen LogP contribution is -2.37. The standard InChI is InChI=1S/C7H17NO2/c1-6(2,9)4-5-7(3,8)10/h9-10H,4-5,8H2,1-3H3. The second-order valence-electron chi connectivity index (χ2n) is 3.67. The molecule has 0 amide bonds. The number of aliphatic hydroxyl groups is 2. The van der Waals surface area contributed by atoms with Crippen molar-refractivity contribution in [2.45, 2.75) is 44.9 Å². The second kappa shape index (κ2) is 2.86. The van der Waals surface area contributed by atoms with Crippen LogP contribution in [0.5, 0.6) is 0 Å². The molecule has 4 N–H and O–H groups in total. The maximum Gasteiger partial charge on any atom is 0.110 e. The summed E-state index contributed by atoms with van der Waals surface area (Å²) >= 11 is 0. The first kappa shape index (κ1) is 9.88. The number of rotatable bonds is 3. The lowest BCUT2D eigenvalue weighted by atomic mass is 9.99. The first-order valence-corrected chi connectivity index (χ1v) is 3.44. The molecule has 10 heavy (non-hydrogen) atoms. The Morgan fingerprint density at radius 3 is 1.60 bits per heavy atom. The average molecular weight is 147 g/mol. The molecule has 3 heteroatoms. The van der Waals surface area contributed by atoms with Crippen molar-refractivity contribution in [3.63, 3.8) is 0 Å². The van der Waals surface area contributed by atoms with Crippen LogP contribution in [0.15, 0.2) is 0 Å². The SMILES string of the molecule is CC(C)(O)CCC(C)(N)O. The summed E-state index contributed by atoms with van der Waals surface area (Å²) in [5.41, 5.74) is 3.40. The van der Waals surface area contributed by atoms with Gasteiger partial charge in [-0.1, -0.05) is 0 Å². The molecule has 0 saturated heterocycles. The van der Waals surface area contributed by atoms with Gasteiger partial charge in [-0.3, -0.25) is 0 Å². The van der Waals surface area contributed by atoms with Crippen LogP contribution < -0.4 is 5.73 Å². The highest BCUT2D eigenvalue weighted by Gasteiger charge is 2.19. The molecule has 0 aromatic rings. The topological polar surface area (TPSA) is 66.5 Å². The van der Waals surface area contributed by atoms with Crippen molar-refractivity contribution in [3.8, 4) is 0 Å². The van der Waals surface area contributed by atoms with Gasteiger partial charge in [0.15, 0.2) is 0 Å². The lowest BCUT2D eigenvalue weighted by molar-refractivity contribution is 0.0100. The van der Waals surface area contributed by atoms with Gasteiger partial charge in [-0.25, -0.2) is 0 Å². The van der Waals surface area contributed by atoms with Gasteiger partial charge in [0, 0.05) is 0 Å². The fraction of sp³-hybridized carbons (Fsp3) is 1.00. The van der Waals surface area contributed by atoms with Crippen molar-refractivity contribution in [1.29, 1.82) is 0 Å². The smallest absolute Gasteiger partial charge is 0.110 e. The van der Waals surface area contributed by atoms with Crippen molar-refractivity contribution in [2.75, 3.05) is 0 Å². The van der Waals surface area contributed by atoms with Gasteiger partial charge in [-0.15, -0.1) is 0 Å². The third-order valence-corrected chi connectivity index (χ3v) is 1.24. The van der Waals surface area contributed by atoms with Crippen LogP contribution in [0.4, 0.5) is 0 Å². The predicted molar refractivity (Wildman–Crippen MR) is 40.3 cm³/mol.